The summed E-state index contributed by atoms with van der Waals surface area (Å²) in [4.78, 5) is 37.9. The number of hydrogen-bond donors (Lipinski definition) is 2. The SMILES string of the molecule is CNC(=O)c1cn(CCc2ccccc2)cc(C(=O)NC[C@H]2C[C@@H]3C=C[C@H]2C3)c1=O. The minimum absolute atomic E-state index is 0.0129. The highest BCUT2D eigenvalue weighted by Gasteiger charge is 2.35. The van der Waals surface area contributed by atoms with E-state index in [0.717, 1.165) is 18.4 Å². The van der Waals surface area contributed by atoms with Gasteiger partial charge in [0.15, 0.2) is 0 Å². The zero-order valence-corrected chi connectivity index (χ0v) is 17.1. The highest BCUT2D eigenvalue weighted by molar-refractivity contribution is 5.99. The van der Waals surface area contributed by atoms with Crippen LogP contribution in [0.2, 0.25) is 0 Å². The van der Waals surface area contributed by atoms with Crippen LogP contribution >= 0.6 is 0 Å². The van der Waals surface area contributed by atoms with Crippen molar-refractivity contribution < 1.29 is 9.59 Å². The lowest BCUT2D eigenvalue weighted by Gasteiger charge is -2.18. The van der Waals surface area contributed by atoms with Crippen molar-refractivity contribution in [3.8, 4) is 0 Å². The molecule has 6 heteroatoms. The number of aryl methyl sites for hydroxylation is 2. The number of benzene rings is 1. The van der Waals surface area contributed by atoms with Crippen LogP contribution < -0.4 is 16.1 Å². The molecule has 1 saturated carbocycles. The second-order valence-electron chi connectivity index (χ2n) is 8.22. The molecule has 156 valence electrons. The third kappa shape index (κ3) is 4.22. The van der Waals surface area contributed by atoms with E-state index in [1.807, 2.05) is 30.3 Å². The summed E-state index contributed by atoms with van der Waals surface area (Å²) in [6.07, 6.45) is 10.6. The van der Waals surface area contributed by atoms with E-state index in [9.17, 15) is 14.4 Å². The first-order valence-corrected chi connectivity index (χ1v) is 10.5. The molecule has 2 N–H and O–H groups in total. The summed E-state index contributed by atoms with van der Waals surface area (Å²) >= 11 is 0. The van der Waals surface area contributed by atoms with Crippen LogP contribution in [0.25, 0.3) is 0 Å². The Hall–Kier alpha value is -3.15. The van der Waals surface area contributed by atoms with Crippen LogP contribution in [0.5, 0.6) is 0 Å². The third-order valence-corrected chi connectivity index (χ3v) is 6.24. The van der Waals surface area contributed by atoms with Gasteiger partial charge in [0.1, 0.15) is 11.1 Å². The fourth-order valence-electron chi connectivity index (χ4n) is 4.57. The lowest BCUT2D eigenvalue weighted by atomic mass is 9.93. The second kappa shape index (κ2) is 8.69. The average molecular weight is 405 g/mol. The molecule has 2 aliphatic carbocycles. The molecule has 0 radical (unpaired) electrons. The van der Waals surface area contributed by atoms with Gasteiger partial charge < -0.3 is 15.2 Å². The number of pyridine rings is 1. The maximum Gasteiger partial charge on any atom is 0.256 e. The maximum atomic E-state index is 12.8. The normalized spacial score (nSPS) is 21.6. The largest absolute Gasteiger partial charge is 0.355 e. The van der Waals surface area contributed by atoms with Crippen molar-refractivity contribution in [3.63, 3.8) is 0 Å². The zero-order valence-electron chi connectivity index (χ0n) is 17.1. The summed E-state index contributed by atoms with van der Waals surface area (Å²) in [7, 11) is 1.48. The number of nitrogens with zero attached hydrogens (tertiary/aromatic N) is 1. The van der Waals surface area contributed by atoms with Crippen molar-refractivity contribution in [1.29, 1.82) is 0 Å². The molecule has 1 heterocycles. The molecular weight excluding hydrogens is 378 g/mol. The molecule has 1 aromatic carbocycles. The number of carbonyl (C=O) groups is 2. The fourth-order valence-corrected chi connectivity index (χ4v) is 4.57. The van der Waals surface area contributed by atoms with Gasteiger partial charge in [0, 0.05) is 32.5 Å². The van der Waals surface area contributed by atoms with Crippen molar-refractivity contribution >= 4 is 11.8 Å². The minimum atomic E-state index is -0.532. The molecule has 3 atom stereocenters. The van der Waals surface area contributed by atoms with Gasteiger partial charge >= 0.3 is 0 Å². The van der Waals surface area contributed by atoms with E-state index in [0.29, 0.717) is 30.8 Å². The molecule has 0 aliphatic heterocycles. The standard InChI is InChI=1S/C24H27N3O3/c1-25-23(29)20-14-27(10-9-16-5-3-2-4-6-16)15-21(22(20)28)24(30)26-13-19-12-17-7-8-18(19)11-17/h2-8,14-15,17-19H,9-13H2,1H3,(H,25,29)(H,26,30)/t17-,18+,19-/m1/s1. The number of carbonyl (C=O) groups excluding carboxylic acids is 2. The van der Waals surface area contributed by atoms with Gasteiger partial charge in [-0.3, -0.25) is 14.4 Å². The Labute approximate surface area is 176 Å². The van der Waals surface area contributed by atoms with E-state index in [1.165, 1.54) is 19.7 Å². The van der Waals surface area contributed by atoms with E-state index in [2.05, 4.69) is 22.8 Å². The van der Waals surface area contributed by atoms with E-state index in [4.69, 9.17) is 0 Å². The van der Waals surface area contributed by atoms with Crippen LogP contribution in [0, 0.1) is 17.8 Å². The van der Waals surface area contributed by atoms with Crippen molar-refractivity contribution in [3.05, 3.63) is 81.8 Å². The Kier molecular flexibility index (Phi) is 5.84. The summed E-state index contributed by atoms with van der Waals surface area (Å²) in [6, 6.07) is 9.96. The number of hydrogen-bond acceptors (Lipinski definition) is 3. The Morgan fingerprint density at radius 3 is 2.40 bits per heavy atom. The highest BCUT2D eigenvalue weighted by Crippen LogP contribution is 2.42. The summed E-state index contributed by atoms with van der Waals surface area (Å²) in [6.45, 7) is 1.11. The monoisotopic (exact) mass is 405 g/mol. The predicted molar refractivity (Wildman–Crippen MR) is 115 cm³/mol. The van der Waals surface area contributed by atoms with Crippen LogP contribution in [-0.2, 0) is 13.0 Å². The molecule has 2 bridgehead atoms. The first-order chi connectivity index (χ1) is 14.5. The van der Waals surface area contributed by atoms with Gasteiger partial charge in [-0.2, -0.15) is 0 Å². The fraction of sp³-hybridized carbons (Fsp3) is 0.375. The van der Waals surface area contributed by atoms with Crippen LogP contribution in [0.4, 0.5) is 0 Å². The molecule has 30 heavy (non-hydrogen) atoms. The first-order valence-electron chi connectivity index (χ1n) is 10.5. The maximum absolute atomic E-state index is 12.8. The minimum Gasteiger partial charge on any atom is -0.355 e. The topological polar surface area (TPSA) is 80.2 Å². The number of rotatable bonds is 7. The third-order valence-electron chi connectivity index (χ3n) is 6.24. The summed E-state index contributed by atoms with van der Waals surface area (Å²) < 4.78 is 1.76. The first kappa shape index (κ1) is 20.1. The molecule has 2 aromatic rings. The summed E-state index contributed by atoms with van der Waals surface area (Å²) in [5.74, 6) is 0.678. The predicted octanol–water partition coefficient (Wildman–Crippen LogP) is 2.39. The van der Waals surface area contributed by atoms with E-state index >= 15 is 0 Å². The van der Waals surface area contributed by atoms with Gasteiger partial charge in [0.25, 0.3) is 11.8 Å². The summed E-state index contributed by atoms with van der Waals surface area (Å²) in [5, 5.41) is 5.43. The molecule has 0 unspecified atom stereocenters. The smallest absolute Gasteiger partial charge is 0.256 e. The Morgan fingerprint density at radius 2 is 1.77 bits per heavy atom. The van der Waals surface area contributed by atoms with E-state index in [1.54, 1.807) is 10.8 Å². The second-order valence-corrected chi connectivity index (χ2v) is 8.22. The Bertz CT molecular complexity index is 1030. The van der Waals surface area contributed by atoms with Crippen molar-refractivity contribution in [2.75, 3.05) is 13.6 Å². The van der Waals surface area contributed by atoms with Gasteiger partial charge in [0.05, 0.1) is 0 Å². The van der Waals surface area contributed by atoms with Crippen LogP contribution in [0.15, 0.2) is 59.7 Å². The molecule has 1 aromatic heterocycles. The number of fused-ring (bicyclic) bond motifs is 2. The molecule has 6 nitrogen and oxygen atoms in total. The Balaban J connectivity index is 1.52. The molecule has 4 rings (SSSR count). The number of amides is 2. The average Bonchev–Trinajstić information content (AvgIpc) is 3.40. The van der Waals surface area contributed by atoms with E-state index < -0.39 is 17.2 Å². The lowest BCUT2D eigenvalue weighted by molar-refractivity contribution is 0.0943. The summed E-state index contributed by atoms with van der Waals surface area (Å²) in [5.41, 5.74) is 0.618. The van der Waals surface area contributed by atoms with E-state index in [-0.39, 0.29) is 11.1 Å². The number of nitrogens with one attached hydrogen (secondary N) is 2. The lowest BCUT2D eigenvalue weighted by Crippen LogP contribution is -2.37. The van der Waals surface area contributed by atoms with Crippen LogP contribution in [0.1, 0.15) is 39.1 Å². The van der Waals surface area contributed by atoms with Gasteiger partial charge in [-0.1, -0.05) is 42.5 Å². The van der Waals surface area contributed by atoms with Gasteiger partial charge in [0.2, 0.25) is 5.43 Å². The molecule has 0 spiro atoms. The van der Waals surface area contributed by atoms with Crippen molar-refractivity contribution in [1.82, 2.24) is 15.2 Å². The van der Waals surface area contributed by atoms with Crippen LogP contribution in [0.3, 0.4) is 0 Å². The van der Waals surface area contributed by atoms with Crippen LogP contribution in [-0.4, -0.2) is 30.0 Å². The zero-order chi connectivity index (χ0) is 21.1. The number of aromatic nitrogens is 1. The molecule has 1 fully saturated rings. The van der Waals surface area contributed by atoms with Gasteiger partial charge in [-0.15, -0.1) is 0 Å². The Morgan fingerprint density at radius 1 is 1.03 bits per heavy atom. The molecule has 0 saturated heterocycles. The molecule has 2 amide bonds. The quantitative estimate of drug-likeness (QED) is 0.694. The highest BCUT2D eigenvalue weighted by atomic mass is 16.2. The number of allylic oxidation sites excluding steroid dienone is 2. The van der Waals surface area contributed by atoms with Gasteiger partial charge in [-0.05, 0) is 42.6 Å². The molecule has 2 aliphatic rings. The van der Waals surface area contributed by atoms with Crippen molar-refractivity contribution in [2.24, 2.45) is 17.8 Å². The molecular formula is C24H27N3O3. The van der Waals surface area contributed by atoms with Gasteiger partial charge in [-0.25, -0.2) is 0 Å². The van der Waals surface area contributed by atoms with Crippen molar-refractivity contribution in [2.45, 2.75) is 25.8 Å².